The van der Waals surface area contributed by atoms with Crippen LogP contribution in [0, 0.1) is 11.7 Å². The molecule has 0 radical (unpaired) electrons. The lowest BCUT2D eigenvalue weighted by Crippen LogP contribution is -2.29. The van der Waals surface area contributed by atoms with Gasteiger partial charge in [0.25, 0.3) is 0 Å². The van der Waals surface area contributed by atoms with E-state index in [1.54, 1.807) is 31.4 Å². The summed E-state index contributed by atoms with van der Waals surface area (Å²) in [6, 6.07) is 13.6. The van der Waals surface area contributed by atoms with E-state index in [0.717, 1.165) is 5.56 Å². The number of hydrogen-bond donors (Lipinski definition) is 0. The first-order chi connectivity index (χ1) is 11.0. The molecule has 0 amide bonds. The molecule has 0 spiro atoms. The quantitative estimate of drug-likeness (QED) is 0.709. The van der Waals surface area contributed by atoms with Crippen molar-refractivity contribution in [3.63, 3.8) is 0 Å². The molecule has 2 rings (SSSR count). The number of hydrogen-bond acceptors (Lipinski definition) is 3. The first-order valence-corrected chi connectivity index (χ1v) is 7.57. The van der Waals surface area contributed by atoms with Gasteiger partial charge in [0, 0.05) is 18.0 Å². The van der Waals surface area contributed by atoms with Crippen LogP contribution in [0.5, 0.6) is 5.75 Å². The SMILES string of the molecule is COc1cccc(C(=O)C(Cc2cccc(F)c2)CN(C)C)c1.Cl. The third-order valence-electron chi connectivity index (χ3n) is 3.68. The maximum atomic E-state index is 13.4. The Morgan fingerprint density at radius 1 is 1.17 bits per heavy atom. The Hall–Kier alpha value is -1.91. The maximum absolute atomic E-state index is 13.4. The molecule has 1 atom stereocenters. The van der Waals surface area contributed by atoms with Crippen molar-refractivity contribution in [1.82, 2.24) is 4.90 Å². The summed E-state index contributed by atoms with van der Waals surface area (Å²) in [6.07, 6.45) is 0.506. The van der Waals surface area contributed by atoms with Crippen LogP contribution in [-0.4, -0.2) is 38.4 Å². The fourth-order valence-corrected chi connectivity index (χ4v) is 2.64. The van der Waals surface area contributed by atoms with Gasteiger partial charge in [0.05, 0.1) is 7.11 Å². The first-order valence-electron chi connectivity index (χ1n) is 7.57. The molecule has 0 aliphatic carbocycles. The Labute approximate surface area is 148 Å². The number of benzene rings is 2. The number of ketones is 1. The molecule has 0 saturated carbocycles. The van der Waals surface area contributed by atoms with Gasteiger partial charge in [-0.15, -0.1) is 12.4 Å². The molecule has 24 heavy (non-hydrogen) atoms. The van der Waals surface area contributed by atoms with Gasteiger partial charge in [0.2, 0.25) is 0 Å². The summed E-state index contributed by atoms with van der Waals surface area (Å²) >= 11 is 0. The highest BCUT2D eigenvalue weighted by molar-refractivity contribution is 5.98. The molecule has 0 aliphatic rings. The van der Waals surface area contributed by atoms with Crippen LogP contribution in [0.1, 0.15) is 15.9 Å². The predicted molar refractivity (Wildman–Crippen MR) is 96.7 cm³/mol. The molecule has 1 unspecified atom stereocenters. The molecule has 0 N–H and O–H groups in total. The van der Waals surface area contributed by atoms with E-state index < -0.39 is 0 Å². The van der Waals surface area contributed by atoms with E-state index in [-0.39, 0.29) is 29.9 Å². The van der Waals surface area contributed by atoms with E-state index in [4.69, 9.17) is 4.74 Å². The standard InChI is InChI=1S/C19H22FNO2.ClH/c1-21(2)13-16(10-14-6-4-8-17(20)11-14)19(22)15-7-5-9-18(12-15)23-3;/h4-9,11-12,16H,10,13H2,1-3H3;1H. The number of nitrogens with zero attached hydrogens (tertiary/aromatic N) is 1. The third kappa shape index (κ3) is 5.62. The zero-order valence-corrected chi connectivity index (χ0v) is 15.0. The molecule has 0 fully saturated rings. The maximum Gasteiger partial charge on any atom is 0.167 e. The number of halogens is 2. The Morgan fingerprint density at radius 3 is 2.50 bits per heavy atom. The third-order valence-corrected chi connectivity index (χ3v) is 3.68. The van der Waals surface area contributed by atoms with Gasteiger partial charge in [-0.2, -0.15) is 0 Å². The molecule has 2 aromatic rings. The molecule has 2 aromatic carbocycles. The largest absolute Gasteiger partial charge is 0.497 e. The highest BCUT2D eigenvalue weighted by Gasteiger charge is 2.22. The fourth-order valence-electron chi connectivity index (χ4n) is 2.64. The number of ether oxygens (including phenoxy) is 1. The fraction of sp³-hybridized carbons (Fsp3) is 0.316. The van der Waals surface area contributed by atoms with E-state index in [9.17, 15) is 9.18 Å². The molecule has 130 valence electrons. The number of carbonyl (C=O) groups excluding carboxylic acids is 1. The van der Waals surface area contributed by atoms with Crippen molar-refractivity contribution < 1.29 is 13.9 Å². The summed E-state index contributed by atoms with van der Waals surface area (Å²) in [6.45, 7) is 0.604. The topological polar surface area (TPSA) is 29.5 Å². The van der Waals surface area contributed by atoms with Crippen LogP contribution in [-0.2, 0) is 6.42 Å². The Morgan fingerprint density at radius 2 is 1.88 bits per heavy atom. The summed E-state index contributed by atoms with van der Waals surface area (Å²) in [7, 11) is 5.43. The van der Waals surface area contributed by atoms with Crippen molar-refractivity contribution in [2.24, 2.45) is 5.92 Å². The predicted octanol–water partition coefficient (Wildman–Crippen LogP) is 3.86. The van der Waals surface area contributed by atoms with Crippen molar-refractivity contribution >= 4 is 18.2 Å². The minimum absolute atomic E-state index is 0. The van der Waals surface area contributed by atoms with Gasteiger partial charge in [-0.05, 0) is 50.3 Å². The summed E-state index contributed by atoms with van der Waals surface area (Å²) in [5.41, 5.74) is 1.45. The van der Waals surface area contributed by atoms with Crippen molar-refractivity contribution in [2.45, 2.75) is 6.42 Å². The van der Waals surface area contributed by atoms with Crippen molar-refractivity contribution in [2.75, 3.05) is 27.7 Å². The summed E-state index contributed by atoms with van der Waals surface area (Å²) in [5, 5.41) is 0. The Bertz CT molecular complexity index is 676. The zero-order chi connectivity index (χ0) is 16.8. The van der Waals surface area contributed by atoms with E-state index >= 15 is 0 Å². The van der Waals surface area contributed by atoms with Crippen LogP contribution in [0.15, 0.2) is 48.5 Å². The van der Waals surface area contributed by atoms with Crippen LogP contribution in [0.3, 0.4) is 0 Å². The molecule has 0 heterocycles. The average molecular weight is 352 g/mol. The highest BCUT2D eigenvalue weighted by Crippen LogP contribution is 2.20. The minimum atomic E-state index is -0.278. The van der Waals surface area contributed by atoms with Gasteiger partial charge in [-0.1, -0.05) is 24.3 Å². The van der Waals surface area contributed by atoms with Gasteiger partial charge in [-0.3, -0.25) is 4.79 Å². The van der Waals surface area contributed by atoms with Crippen molar-refractivity contribution in [1.29, 1.82) is 0 Å². The Kier molecular flexibility index (Phi) is 7.89. The van der Waals surface area contributed by atoms with Crippen LogP contribution < -0.4 is 4.74 Å². The van der Waals surface area contributed by atoms with Crippen molar-refractivity contribution in [3.05, 3.63) is 65.5 Å². The molecule has 0 saturated heterocycles. The number of carbonyl (C=O) groups is 1. The molecule has 3 nitrogen and oxygen atoms in total. The monoisotopic (exact) mass is 351 g/mol. The Balaban J connectivity index is 0.00000288. The van der Waals surface area contributed by atoms with Gasteiger partial charge < -0.3 is 9.64 Å². The van der Waals surface area contributed by atoms with Crippen LogP contribution >= 0.6 is 12.4 Å². The van der Waals surface area contributed by atoms with Crippen LogP contribution in [0.4, 0.5) is 4.39 Å². The van der Waals surface area contributed by atoms with Crippen LogP contribution in [0.25, 0.3) is 0 Å². The summed E-state index contributed by atoms with van der Waals surface area (Å²) in [4.78, 5) is 14.8. The summed E-state index contributed by atoms with van der Waals surface area (Å²) in [5.74, 6) is 0.186. The smallest absolute Gasteiger partial charge is 0.167 e. The lowest BCUT2D eigenvalue weighted by molar-refractivity contribution is 0.0896. The van der Waals surface area contributed by atoms with Gasteiger partial charge in [0.15, 0.2) is 5.78 Å². The van der Waals surface area contributed by atoms with Gasteiger partial charge in [-0.25, -0.2) is 4.39 Å². The first kappa shape index (κ1) is 20.1. The molecular formula is C19H23ClFNO2. The highest BCUT2D eigenvalue weighted by atomic mass is 35.5. The van der Waals surface area contributed by atoms with E-state index in [1.165, 1.54) is 12.1 Å². The molecule has 0 bridgehead atoms. The van der Waals surface area contributed by atoms with Gasteiger partial charge >= 0.3 is 0 Å². The van der Waals surface area contributed by atoms with E-state index in [0.29, 0.717) is 24.3 Å². The normalized spacial score (nSPS) is 11.7. The van der Waals surface area contributed by atoms with E-state index in [2.05, 4.69) is 0 Å². The second-order valence-electron chi connectivity index (χ2n) is 5.89. The zero-order valence-electron chi connectivity index (χ0n) is 14.2. The van der Waals surface area contributed by atoms with Gasteiger partial charge in [0.1, 0.15) is 11.6 Å². The lowest BCUT2D eigenvalue weighted by atomic mass is 9.90. The van der Waals surface area contributed by atoms with E-state index in [1.807, 2.05) is 31.1 Å². The lowest BCUT2D eigenvalue weighted by Gasteiger charge is -2.20. The molecule has 0 aromatic heterocycles. The molecule has 5 heteroatoms. The van der Waals surface area contributed by atoms with Crippen LogP contribution in [0.2, 0.25) is 0 Å². The number of methoxy groups -OCH3 is 1. The molecule has 0 aliphatic heterocycles. The average Bonchev–Trinajstić information content (AvgIpc) is 2.53. The summed E-state index contributed by atoms with van der Waals surface area (Å²) < 4.78 is 18.6. The number of rotatable bonds is 7. The second-order valence-corrected chi connectivity index (χ2v) is 5.89. The van der Waals surface area contributed by atoms with Crippen molar-refractivity contribution in [3.8, 4) is 5.75 Å². The number of Topliss-reactive ketones (excluding diaryl/α,β-unsaturated/α-hetero) is 1. The minimum Gasteiger partial charge on any atom is -0.497 e. The second kappa shape index (κ2) is 9.40. The molecular weight excluding hydrogens is 329 g/mol.